The van der Waals surface area contributed by atoms with Crippen LogP contribution in [0.1, 0.15) is 46.0 Å². The molecule has 0 aliphatic heterocycles. The van der Waals surface area contributed by atoms with Crippen LogP contribution in [-0.4, -0.2) is 36.0 Å². The predicted molar refractivity (Wildman–Crippen MR) is 104 cm³/mol. The number of hydrogen-bond donors (Lipinski definition) is 3. The monoisotopic (exact) mass is 384 g/mol. The van der Waals surface area contributed by atoms with Crippen LogP contribution < -0.4 is 15.4 Å². The number of aromatic carboxylic acids is 1. The van der Waals surface area contributed by atoms with Crippen LogP contribution in [-0.2, 0) is 11.3 Å². The largest absolute Gasteiger partial charge is 0.494 e. The molecule has 0 aliphatic rings. The molecule has 0 unspecified atom stereocenters. The standard InChI is InChI=1S/C21H24N2O5/c1-2-3-12-28-18-10-8-16(9-11-18)20(25)23-14-19(24)22-13-15-4-6-17(7-5-15)21(26)27/h4-11H,2-3,12-14H2,1H3,(H,22,24)(H,23,25)(H,26,27). The van der Waals surface area contributed by atoms with Crippen molar-refractivity contribution < 1.29 is 24.2 Å². The minimum absolute atomic E-state index is 0.152. The number of carboxylic acids is 1. The van der Waals surface area contributed by atoms with Gasteiger partial charge in [0.25, 0.3) is 5.91 Å². The second kappa shape index (κ2) is 10.7. The summed E-state index contributed by atoms with van der Waals surface area (Å²) in [4.78, 5) is 34.8. The van der Waals surface area contributed by atoms with Crippen LogP contribution in [0, 0.1) is 0 Å². The molecule has 7 heteroatoms. The lowest BCUT2D eigenvalue weighted by Crippen LogP contribution is -2.36. The normalized spacial score (nSPS) is 10.2. The summed E-state index contributed by atoms with van der Waals surface area (Å²) in [5.74, 6) is -0.980. The Kier molecular flexibility index (Phi) is 8.02. The van der Waals surface area contributed by atoms with Crippen molar-refractivity contribution >= 4 is 17.8 Å². The Morgan fingerprint density at radius 3 is 2.18 bits per heavy atom. The predicted octanol–water partition coefficient (Wildman–Crippen LogP) is 2.61. The van der Waals surface area contributed by atoms with Gasteiger partial charge in [-0.15, -0.1) is 0 Å². The number of benzene rings is 2. The van der Waals surface area contributed by atoms with Crippen LogP contribution in [0.4, 0.5) is 0 Å². The molecule has 2 aromatic rings. The number of nitrogens with one attached hydrogen (secondary N) is 2. The third-order valence-electron chi connectivity index (χ3n) is 3.98. The number of carbonyl (C=O) groups excluding carboxylic acids is 2. The van der Waals surface area contributed by atoms with Crippen molar-refractivity contribution in [2.75, 3.05) is 13.2 Å². The Balaban J connectivity index is 1.74. The molecule has 0 fully saturated rings. The average molecular weight is 384 g/mol. The highest BCUT2D eigenvalue weighted by atomic mass is 16.5. The molecule has 0 saturated heterocycles. The zero-order valence-corrected chi connectivity index (χ0v) is 15.7. The molecule has 2 rings (SSSR count). The van der Waals surface area contributed by atoms with E-state index in [1.54, 1.807) is 36.4 Å². The van der Waals surface area contributed by atoms with Crippen LogP contribution in [0.5, 0.6) is 5.75 Å². The molecule has 0 aromatic heterocycles. The van der Waals surface area contributed by atoms with Gasteiger partial charge in [-0.1, -0.05) is 25.5 Å². The van der Waals surface area contributed by atoms with Gasteiger partial charge in [-0.25, -0.2) is 4.79 Å². The number of hydrogen-bond acceptors (Lipinski definition) is 4. The summed E-state index contributed by atoms with van der Waals surface area (Å²) in [5.41, 5.74) is 1.40. The van der Waals surface area contributed by atoms with E-state index < -0.39 is 5.97 Å². The molecule has 0 saturated carbocycles. The van der Waals surface area contributed by atoms with Gasteiger partial charge < -0.3 is 20.5 Å². The molecule has 0 heterocycles. The van der Waals surface area contributed by atoms with Crippen LogP contribution >= 0.6 is 0 Å². The highest BCUT2D eigenvalue weighted by molar-refractivity contribution is 5.96. The van der Waals surface area contributed by atoms with E-state index in [1.807, 2.05) is 0 Å². The summed E-state index contributed by atoms with van der Waals surface area (Å²) in [6.07, 6.45) is 2.03. The molecule has 0 radical (unpaired) electrons. The molecule has 7 nitrogen and oxygen atoms in total. The average Bonchev–Trinajstić information content (AvgIpc) is 2.71. The van der Waals surface area contributed by atoms with E-state index in [-0.39, 0.29) is 30.5 Å². The Labute approximate surface area is 163 Å². The first kappa shape index (κ1) is 21.0. The molecular formula is C21H24N2O5. The lowest BCUT2D eigenvalue weighted by molar-refractivity contribution is -0.120. The third kappa shape index (κ3) is 6.75. The van der Waals surface area contributed by atoms with Crippen molar-refractivity contribution in [2.45, 2.75) is 26.3 Å². The number of rotatable bonds is 10. The number of carboxylic acid groups (broad SMARTS) is 1. The number of amides is 2. The van der Waals surface area contributed by atoms with Gasteiger partial charge in [-0.2, -0.15) is 0 Å². The Morgan fingerprint density at radius 1 is 0.929 bits per heavy atom. The molecular weight excluding hydrogens is 360 g/mol. The van der Waals surface area contributed by atoms with E-state index in [1.165, 1.54) is 12.1 Å². The molecule has 0 aliphatic carbocycles. The van der Waals surface area contributed by atoms with Crippen molar-refractivity contribution in [1.82, 2.24) is 10.6 Å². The van der Waals surface area contributed by atoms with Gasteiger partial charge in [0, 0.05) is 12.1 Å². The first-order valence-electron chi connectivity index (χ1n) is 9.09. The summed E-state index contributed by atoms with van der Waals surface area (Å²) in [5, 5.41) is 14.1. The van der Waals surface area contributed by atoms with Crippen molar-refractivity contribution in [1.29, 1.82) is 0 Å². The van der Waals surface area contributed by atoms with Gasteiger partial charge in [0.1, 0.15) is 5.75 Å². The highest BCUT2D eigenvalue weighted by Gasteiger charge is 2.09. The fraction of sp³-hybridized carbons (Fsp3) is 0.286. The van der Waals surface area contributed by atoms with Crippen molar-refractivity contribution in [2.24, 2.45) is 0 Å². The zero-order chi connectivity index (χ0) is 20.4. The molecule has 28 heavy (non-hydrogen) atoms. The van der Waals surface area contributed by atoms with Gasteiger partial charge in [0.05, 0.1) is 18.7 Å². The van der Waals surface area contributed by atoms with Crippen molar-refractivity contribution in [3.63, 3.8) is 0 Å². The van der Waals surface area contributed by atoms with Crippen LogP contribution in [0.25, 0.3) is 0 Å². The fourth-order valence-corrected chi connectivity index (χ4v) is 2.33. The molecule has 0 spiro atoms. The Bertz CT molecular complexity index is 801. The molecule has 2 aromatic carbocycles. The Morgan fingerprint density at radius 2 is 1.57 bits per heavy atom. The third-order valence-corrected chi connectivity index (χ3v) is 3.98. The van der Waals surface area contributed by atoms with E-state index >= 15 is 0 Å². The quantitative estimate of drug-likeness (QED) is 0.546. The van der Waals surface area contributed by atoms with Gasteiger partial charge in [-0.3, -0.25) is 9.59 Å². The van der Waals surface area contributed by atoms with Crippen LogP contribution in [0.2, 0.25) is 0 Å². The molecule has 3 N–H and O–H groups in total. The molecule has 0 bridgehead atoms. The summed E-state index contributed by atoms with van der Waals surface area (Å²) in [6, 6.07) is 13.0. The molecule has 148 valence electrons. The first-order chi connectivity index (χ1) is 13.5. The molecule has 0 atom stereocenters. The van der Waals surface area contributed by atoms with Gasteiger partial charge >= 0.3 is 5.97 Å². The van der Waals surface area contributed by atoms with Crippen LogP contribution in [0.15, 0.2) is 48.5 Å². The van der Waals surface area contributed by atoms with E-state index in [9.17, 15) is 14.4 Å². The maximum atomic E-state index is 12.1. The number of ether oxygens (including phenoxy) is 1. The minimum atomic E-state index is -1.00. The van der Waals surface area contributed by atoms with Gasteiger partial charge in [0.15, 0.2) is 0 Å². The summed E-state index contributed by atoms with van der Waals surface area (Å²) in [7, 11) is 0. The fourth-order valence-electron chi connectivity index (χ4n) is 2.33. The van der Waals surface area contributed by atoms with E-state index in [2.05, 4.69) is 17.6 Å². The summed E-state index contributed by atoms with van der Waals surface area (Å²) < 4.78 is 5.55. The van der Waals surface area contributed by atoms with E-state index in [0.29, 0.717) is 17.9 Å². The SMILES string of the molecule is CCCCOc1ccc(C(=O)NCC(=O)NCc2ccc(C(=O)O)cc2)cc1. The molecule has 2 amide bonds. The number of carbonyl (C=O) groups is 3. The highest BCUT2D eigenvalue weighted by Crippen LogP contribution is 2.12. The second-order valence-electron chi connectivity index (χ2n) is 6.19. The smallest absolute Gasteiger partial charge is 0.335 e. The lowest BCUT2D eigenvalue weighted by atomic mass is 10.1. The van der Waals surface area contributed by atoms with Gasteiger partial charge in [-0.05, 0) is 48.4 Å². The van der Waals surface area contributed by atoms with Crippen molar-refractivity contribution in [3.8, 4) is 5.75 Å². The van der Waals surface area contributed by atoms with Crippen molar-refractivity contribution in [3.05, 3.63) is 65.2 Å². The maximum absolute atomic E-state index is 12.1. The zero-order valence-electron chi connectivity index (χ0n) is 15.7. The minimum Gasteiger partial charge on any atom is -0.494 e. The van der Waals surface area contributed by atoms with E-state index in [4.69, 9.17) is 9.84 Å². The van der Waals surface area contributed by atoms with Crippen LogP contribution in [0.3, 0.4) is 0 Å². The number of unbranched alkanes of at least 4 members (excludes halogenated alkanes) is 1. The topological polar surface area (TPSA) is 105 Å². The first-order valence-corrected chi connectivity index (χ1v) is 9.09. The maximum Gasteiger partial charge on any atom is 0.335 e. The van der Waals surface area contributed by atoms with E-state index in [0.717, 1.165) is 18.4 Å². The summed E-state index contributed by atoms with van der Waals surface area (Å²) in [6.45, 7) is 2.82. The Hall–Kier alpha value is -3.35. The lowest BCUT2D eigenvalue weighted by Gasteiger charge is -2.09. The summed E-state index contributed by atoms with van der Waals surface area (Å²) >= 11 is 0. The van der Waals surface area contributed by atoms with Gasteiger partial charge in [0.2, 0.25) is 5.91 Å². The second-order valence-corrected chi connectivity index (χ2v) is 6.19.